The van der Waals surface area contributed by atoms with Crippen LogP contribution < -0.4 is 0 Å². The summed E-state index contributed by atoms with van der Waals surface area (Å²) in [5.74, 6) is 1.05. The molecule has 0 aromatic heterocycles. The van der Waals surface area contributed by atoms with Crippen LogP contribution in [0.5, 0.6) is 0 Å². The molecule has 1 heteroatoms. The van der Waals surface area contributed by atoms with Crippen LogP contribution >= 0.6 is 0 Å². The molecule has 0 fully saturated rings. The Hall–Kier alpha value is -0.850. The Balaban J connectivity index is 2.85. The molecule has 0 bridgehead atoms. The summed E-state index contributed by atoms with van der Waals surface area (Å²) in [6, 6.07) is 0. The van der Waals surface area contributed by atoms with E-state index in [-0.39, 0.29) is 0 Å². The van der Waals surface area contributed by atoms with Gasteiger partial charge in [-0.1, -0.05) is 32.1 Å². The van der Waals surface area contributed by atoms with Gasteiger partial charge in [0.15, 0.2) is 0 Å². The molecule has 0 aromatic carbocycles. The van der Waals surface area contributed by atoms with E-state index in [2.05, 4.69) is 32.1 Å². The third-order valence-corrected chi connectivity index (χ3v) is 2.36. The molecular formula is C11H17N. The predicted molar refractivity (Wildman–Crippen MR) is 53.6 cm³/mol. The molecule has 0 spiro atoms. The number of rotatable bonds is 1. The smallest absolute Gasteiger partial charge is 0.0317 e. The quantitative estimate of drug-likeness (QED) is 0.453. The van der Waals surface area contributed by atoms with Crippen molar-refractivity contribution in [2.75, 3.05) is 0 Å². The molecule has 2 unspecified atom stereocenters. The zero-order chi connectivity index (χ0) is 9.14. The molecule has 1 N–H and O–H groups in total. The van der Waals surface area contributed by atoms with Crippen LogP contribution in [0, 0.1) is 17.2 Å². The lowest BCUT2D eigenvalue weighted by molar-refractivity contribution is 0.746. The molecule has 0 radical (unpaired) electrons. The fraction of sp³-hybridized carbons (Fsp3) is 0.545. The average Bonchev–Trinajstić information content (AvgIpc) is 2.14. The van der Waals surface area contributed by atoms with Crippen molar-refractivity contribution in [1.82, 2.24) is 0 Å². The number of allylic oxidation sites excluding steroid dienone is 4. The maximum atomic E-state index is 7.58. The highest BCUT2D eigenvalue weighted by molar-refractivity contribution is 5.96. The summed E-state index contributed by atoms with van der Waals surface area (Å²) in [6.07, 6.45) is 7.74. The van der Waals surface area contributed by atoms with Crippen molar-refractivity contribution in [3.05, 3.63) is 23.8 Å². The van der Waals surface area contributed by atoms with Crippen LogP contribution in [0.25, 0.3) is 0 Å². The number of hydrogen-bond acceptors (Lipinski definition) is 1. The van der Waals surface area contributed by atoms with E-state index in [1.807, 2.05) is 6.92 Å². The predicted octanol–water partition coefficient (Wildman–Crippen LogP) is 3.18. The molecule has 0 saturated carbocycles. The van der Waals surface area contributed by atoms with Crippen molar-refractivity contribution in [2.24, 2.45) is 11.8 Å². The minimum Gasteiger partial charge on any atom is -0.305 e. The fourth-order valence-electron chi connectivity index (χ4n) is 1.53. The van der Waals surface area contributed by atoms with E-state index in [0.717, 1.165) is 6.42 Å². The van der Waals surface area contributed by atoms with Crippen LogP contribution in [0.3, 0.4) is 0 Å². The third kappa shape index (κ3) is 2.07. The van der Waals surface area contributed by atoms with Crippen molar-refractivity contribution in [3.8, 4) is 0 Å². The first-order valence-corrected chi connectivity index (χ1v) is 4.55. The molecular weight excluding hydrogens is 146 g/mol. The van der Waals surface area contributed by atoms with Gasteiger partial charge in [0, 0.05) is 11.6 Å². The first-order chi connectivity index (χ1) is 5.61. The standard InChI is InChI=1S/C11H17N/c1-8-4-6-9(2)11(7-5-8)10(3)12/h4,6-9,12H,5H2,1-3H3. The van der Waals surface area contributed by atoms with Gasteiger partial charge in [0.05, 0.1) is 0 Å². The number of nitrogens with one attached hydrogen (secondary N) is 1. The second kappa shape index (κ2) is 3.70. The van der Waals surface area contributed by atoms with Gasteiger partial charge >= 0.3 is 0 Å². The summed E-state index contributed by atoms with van der Waals surface area (Å²) in [5, 5.41) is 7.58. The second-order valence-electron chi connectivity index (χ2n) is 3.67. The zero-order valence-electron chi connectivity index (χ0n) is 8.09. The summed E-state index contributed by atoms with van der Waals surface area (Å²) in [4.78, 5) is 0. The van der Waals surface area contributed by atoms with Gasteiger partial charge in [-0.3, -0.25) is 0 Å². The molecule has 0 aliphatic heterocycles. The summed E-state index contributed by atoms with van der Waals surface area (Å²) >= 11 is 0. The normalized spacial score (nSPS) is 29.4. The van der Waals surface area contributed by atoms with Gasteiger partial charge in [0.2, 0.25) is 0 Å². The van der Waals surface area contributed by atoms with Gasteiger partial charge in [-0.15, -0.1) is 0 Å². The number of hydrogen-bond donors (Lipinski definition) is 1. The van der Waals surface area contributed by atoms with Crippen molar-refractivity contribution >= 4 is 5.71 Å². The molecule has 0 aromatic rings. The van der Waals surface area contributed by atoms with E-state index in [9.17, 15) is 0 Å². The van der Waals surface area contributed by atoms with E-state index in [4.69, 9.17) is 5.41 Å². The van der Waals surface area contributed by atoms with Gasteiger partial charge < -0.3 is 5.41 Å². The van der Waals surface area contributed by atoms with Gasteiger partial charge in [-0.05, 0) is 24.8 Å². The molecule has 1 aliphatic carbocycles. The Bertz CT molecular complexity index is 235. The minimum absolute atomic E-state index is 0.424. The Morgan fingerprint density at radius 3 is 2.67 bits per heavy atom. The fourth-order valence-corrected chi connectivity index (χ4v) is 1.53. The van der Waals surface area contributed by atoms with Gasteiger partial charge in [0.1, 0.15) is 0 Å². The first-order valence-electron chi connectivity index (χ1n) is 4.55. The highest BCUT2D eigenvalue weighted by atomic mass is 14.4. The van der Waals surface area contributed by atoms with E-state index >= 15 is 0 Å². The lowest BCUT2D eigenvalue weighted by atomic mass is 9.97. The lowest BCUT2D eigenvalue weighted by Gasteiger charge is -2.08. The average molecular weight is 163 g/mol. The summed E-state index contributed by atoms with van der Waals surface area (Å²) in [7, 11) is 0. The third-order valence-electron chi connectivity index (χ3n) is 2.36. The summed E-state index contributed by atoms with van der Waals surface area (Å²) < 4.78 is 0. The molecule has 1 aliphatic rings. The van der Waals surface area contributed by atoms with Crippen molar-refractivity contribution in [2.45, 2.75) is 27.2 Å². The van der Waals surface area contributed by atoms with Crippen molar-refractivity contribution in [1.29, 1.82) is 5.41 Å². The van der Waals surface area contributed by atoms with Crippen molar-refractivity contribution < 1.29 is 0 Å². The van der Waals surface area contributed by atoms with Crippen LogP contribution in [0.15, 0.2) is 23.8 Å². The van der Waals surface area contributed by atoms with Gasteiger partial charge in [0.25, 0.3) is 0 Å². The van der Waals surface area contributed by atoms with Crippen LogP contribution in [-0.4, -0.2) is 5.71 Å². The minimum atomic E-state index is 0.424. The lowest BCUT2D eigenvalue weighted by Crippen LogP contribution is -2.03. The molecule has 0 amide bonds. The van der Waals surface area contributed by atoms with Crippen LogP contribution in [0.2, 0.25) is 0 Å². The maximum Gasteiger partial charge on any atom is 0.0317 e. The Kier molecular flexibility index (Phi) is 2.85. The zero-order valence-corrected chi connectivity index (χ0v) is 8.09. The monoisotopic (exact) mass is 163 g/mol. The van der Waals surface area contributed by atoms with E-state index < -0.39 is 0 Å². The van der Waals surface area contributed by atoms with E-state index in [0.29, 0.717) is 17.5 Å². The molecule has 66 valence electrons. The van der Waals surface area contributed by atoms with Crippen molar-refractivity contribution in [3.63, 3.8) is 0 Å². The summed E-state index contributed by atoms with van der Waals surface area (Å²) in [6.45, 7) is 6.23. The summed E-state index contributed by atoms with van der Waals surface area (Å²) in [5.41, 5.74) is 1.90. The molecule has 12 heavy (non-hydrogen) atoms. The molecule has 0 heterocycles. The largest absolute Gasteiger partial charge is 0.305 e. The first kappa shape index (κ1) is 9.24. The van der Waals surface area contributed by atoms with Crippen LogP contribution in [-0.2, 0) is 0 Å². The molecule has 1 rings (SSSR count). The van der Waals surface area contributed by atoms with Crippen LogP contribution in [0.1, 0.15) is 27.2 Å². The Labute approximate surface area is 74.7 Å². The maximum absolute atomic E-state index is 7.58. The van der Waals surface area contributed by atoms with E-state index in [1.54, 1.807) is 0 Å². The molecule has 0 saturated heterocycles. The van der Waals surface area contributed by atoms with E-state index in [1.165, 1.54) is 5.57 Å². The molecule has 1 nitrogen and oxygen atoms in total. The Morgan fingerprint density at radius 1 is 1.42 bits per heavy atom. The van der Waals surface area contributed by atoms with Gasteiger partial charge in [-0.2, -0.15) is 0 Å². The van der Waals surface area contributed by atoms with Crippen LogP contribution in [0.4, 0.5) is 0 Å². The van der Waals surface area contributed by atoms with Gasteiger partial charge in [-0.25, -0.2) is 0 Å². The molecule has 2 atom stereocenters. The highest BCUT2D eigenvalue weighted by Crippen LogP contribution is 2.21. The second-order valence-corrected chi connectivity index (χ2v) is 3.67. The topological polar surface area (TPSA) is 23.9 Å². The SMILES string of the molecule is CC(=N)C1=CCC(C)C=CC1C. The highest BCUT2D eigenvalue weighted by Gasteiger charge is 2.11. The Morgan fingerprint density at radius 2 is 2.08 bits per heavy atom.